The molecule has 3 aromatic rings. The number of aromatic nitrogens is 3. The van der Waals surface area contributed by atoms with E-state index in [4.69, 9.17) is 4.74 Å². The van der Waals surface area contributed by atoms with E-state index in [1.807, 2.05) is 38.1 Å². The molecule has 0 bridgehead atoms. The van der Waals surface area contributed by atoms with Crippen molar-refractivity contribution in [1.29, 1.82) is 5.26 Å². The van der Waals surface area contributed by atoms with Gasteiger partial charge < -0.3 is 24.4 Å². The fourth-order valence-electron chi connectivity index (χ4n) is 6.14. The average Bonchev–Trinajstić information content (AvgIpc) is 3.34. The minimum Gasteiger partial charge on any atom is -0.492 e. The molecular weight excluding hydrogens is 490 g/mol. The van der Waals surface area contributed by atoms with E-state index in [9.17, 15) is 10.1 Å². The Morgan fingerprint density at radius 1 is 1.26 bits per heavy atom. The standard InChI is InChI=1S/C30H37N7O2/c1-6-39-26-14-25(34-16-23(26)15-31)20(2)37-19-30(8-7-9-30)27-22(18-35(4)5)12-21(13-24(27)28(37)38)17-36-11-10-33-29(36)32-3/h10-14,16,20H,6-9,17-19H2,1-5H3,(H,32,33). The van der Waals surface area contributed by atoms with E-state index in [-0.39, 0.29) is 17.4 Å². The Bertz CT molecular complexity index is 1420. The number of nitriles is 1. The smallest absolute Gasteiger partial charge is 0.254 e. The average molecular weight is 528 g/mol. The fourth-order valence-corrected chi connectivity index (χ4v) is 6.14. The zero-order valence-corrected chi connectivity index (χ0v) is 23.5. The number of nitrogens with zero attached hydrogens (tertiary/aromatic N) is 6. The van der Waals surface area contributed by atoms with E-state index in [2.05, 4.69) is 57.0 Å². The van der Waals surface area contributed by atoms with Crippen LogP contribution < -0.4 is 10.1 Å². The van der Waals surface area contributed by atoms with Crippen molar-refractivity contribution in [2.75, 3.05) is 39.6 Å². The van der Waals surface area contributed by atoms with Gasteiger partial charge in [0, 0.05) is 55.8 Å². The number of ether oxygens (including phenoxy) is 1. The summed E-state index contributed by atoms with van der Waals surface area (Å²) in [5, 5.41) is 12.6. The van der Waals surface area contributed by atoms with Gasteiger partial charge in [0.15, 0.2) is 0 Å². The van der Waals surface area contributed by atoms with Crippen LogP contribution >= 0.6 is 0 Å². The highest BCUT2D eigenvalue weighted by atomic mass is 16.5. The topological polar surface area (TPSA) is 99.3 Å². The van der Waals surface area contributed by atoms with E-state index in [0.717, 1.165) is 48.6 Å². The van der Waals surface area contributed by atoms with Gasteiger partial charge in [0.25, 0.3) is 5.91 Å². The SMILES string of the molecule is CCOc1cc(C(C)N2CC3(CCC3)c3c(CN(C)C)cc(Cn4ccnc4NC)cc3C2=O)ncc1C#N. The van der Waals surface area contributed by atoms with Gasteiger partial charge in [0.2, 0.25) is 5.95 Å². The van der Waals surface area contributed by atoms with Crippen LogP contribution in [0.2, 0.25) is 0 Å². The summed E-state index contributed by atoms with van der Waals surface area (Å²) in [4.78, 5) is 27.4. The molecule has 9 nitrogen and oxygen atoms in total. The minimum absolute atomic E-state index is 0.0282. The molecule has 39 heavy (non-hydrogen) atoms. The van der Waals surface area contributed by atoms with Crippen LogP contribution in [0, 0.1) is 11.3 Å². The Morgan fingerprint density at radius 2 is 2.05 bits per heavy atom. The molecule has 3 heterocycles. The Morgan fingerprint density at radius 3 is 2.69 bits per heavy atom. The Balaban J connectivity index is 1.58. The van der Waals surface area contributed by atoms with Gasteiger partial charge in [-0.15, -0.1) is 0 Å². The van der Waals surface area contributed by atoms with Crippen LogP contribution in [-0.4, -0.2) is 64.5 Å². The van der Waals surface area contributed by atoms with Crippen molar-refractivity contribution in [2.45, 2.75) is 57.7 Å². The number of imidazole rings is 1. The lowest BCUT2D eigenvalue weighted by molar-refractivity contribution is 0.0482. The number of amides is 1. The summed E-state index contributed by atoms with van der Waals surface area (Å²) < 4.78 is 7.78. The normalized spacial score (nSPS) is 16.5. The summed E-state index contributed by atoms with van der Waals surface area (Å²) in [6.45, 7) is 6.43. The summed E-state index contributed by atoms with van der Waals surface area (Å²) in [6, 6.07) is 8.07. The Labute approximate surface area is 230 Å². The number of carbonyl (C=O) groups is 1. The van der Waals surface area contributed by atoms with Gasteiger partial charge in [0.1, 0.15) is 17.4 Å². The third-order valence-electron chi connectivity index (χ3n) is 8.07. The van der Waals surface area contributed by atoms with Crippen LogP contribution in [0.15, 0.2) is 36.8 Å². The summed E-state index contributed by atoms with van der Waals surface area (Å²) in [5.74, 6) is 1.33. The van der Waals surface area contributed by atoms with Crippen LogP contribution in [0.4, 0.5) is 5.95 Å². The number of hydrogen-bond acceptors (Lipinski definition) is 7. The molecule has 0 radical (unpaired) electrons. The van der Waals surface area contributed by atoms with Crippen LogP contribution in [0.3, 0.4) is 0 Å². The van der Waals surface area contributed by atoms with Crippen molar-refractivity contribution in [3.8, 4) is 11.8 Å². The van der Waals surface area contributed by atoms with Crippen LogP contribution in [0.1, 0.15) is 77.5 Å². The lowest BCUT2D eigenvalue weighted by Crippen LogP contribution is -2.54. The minimum atomic E-state index is -0.263. The molecule has 2 aliphatic rings. The zero-order chi connectivity index (χ0) is 27.7. The largest absolute Gasteiger partial charge is 0.492 e. The molecule has 1 N–H and O–H groups in total. The van der Waals surface area contributed by atoms with Gasteiger partial charge in [0.05, 0.1) is 24.9 Å². The number of fused-ring (bicyclic) bond motifs is 2. The van der Waals surface area contributed by atoms with Crippen molar-refractivity contribution in [3.63, 3.8) is 0 Å². The third-order valence-corrected chi connectivity index (χ3v) is 8.07. The van der Waals surface area contributed by atoms with Crippen molar-refractivity contribution >= 4 is 11.9 Å². The summed E-state index contributed by atoms with van der Waals surface area (Å²) in [6.07, 6.45) is 8.57. The lowest BCUT2D eigenvalue weighted by atomic mass is 9.60. The predicted molar refractivity (Wildman–Crippen MR) is 150 cm³/mol. The van der Waals surface area contributed by atoms with Gasteiger partial charge in [-0.2, -0.15) is 5.26 Å². The summed E-state index contributed by atoms with van der Waals surface area (Å²) in [7, 11) is 6.01. The first-order valence-electron chi connectivity index (χ1n) is 13.6. The molecule has 204 valence electrons. The van der Waals surface area contributed by atoms with Crippen molar-refractivity contribution < 1.29 is 9.53 Å². The molecular formula is C30H37N7O2. The molecule has 1 saturated carbocycles. The molecule has 1 aliphatic carbocycles. The number of hydrogen-bond donors (Lipinski definition) is 1. The second-order valence-corrected chi connectivity index (χ2v) is 10.9. The predicted octanol–water partition coefficient (Wildman–Crippen LogP) is 4.34. The van der Waals surface area contributed by atoms with Crippen molar-refractivity contribution in [3.05, 3.63) is 70.3 Å². The number of pyridine rings is 1. The highest BCUT2D eigenvalue weighted by Crippen LogP contribution is 2.51. The van der Waals surface area contributed by atoms with Crippen LogP contribution in [0.5, 0.6) is 5.75 Å². The lowest BCUT2D eigenvalue weighted by Gasteiger charge is -2.52. The first-order chi connectivity index (χ1) is 18.8. The molecule has 5 rings (SSSR count). The fraction of sp³-hybridized carbons (Fsp3) is 0.467. The number of nitrogens with one attached hydrogen (secondary N) is 1. The molecule has 1 spiro atoms. The number of anilines is 1. The molecule has 1 fully saturated rings. The quantitative estimate of drug-likeness (QED) is 0.442. The first-order valence-corrected chi connectivity index (χ1v) is 13.6. The summed E-state index contributed by atoms with van der Waals surface area (Å²) >= 11 is 0. The molecule has 0 saturated heterocycles. The summed E-state index contributed by atoms with van der Waals surface area (Å²) in [5.41, 5.74) is 5.40. The van der Waals surface area contributed by atoms with Gasteiger partial charge in [-0.3, -0.25) is 9.78 Å². The second-order valence-electron chi connectivity index (χ2n) is 10.9. The molecule has 1 amide bonds. The van der Waals surface area contributed by atoms with Crippen LogP contribution in [-0.2, 0) is 18.5 Å². The monoisotopic (exact) mass is 527 g/mol. The van der Waals surface area contributed by atoms with E-state index < -0.39 is 0 Å². The zero-order valence-electron chi connectivity index (χ0n) is 23.5. The molecule has 1 atom stereocenters. The van der Waals surface area contributed by atoms with Gasteiger partial charge in [-0.25, -0.2) is 4.98 Å². The van der Waals surface area contributed by atoms with Gasteiger partial charge in [-0.05, 0) is 63.5 Å². The molecule has 1 unspecified atom stereocenters. The van der Waals surface area contributed by atoms with E-state index in [1.165, 1.54) is 11.1 Å². The van der Waals surface area contributed by atoms with E-state index in [1.54, 1.807) is 12.4 Å². The van der Waals surface area contributed by atoms with Crippen molar-refractivity contribution in [2.24, 2.45) is 0 Å². The Kier molecular flexibility index (Phi) is 7.32. The van der Waals surface area contributed by atoms with Gasteiger partial charge in [-0.1, -0.05) is 12.5 Å². The highest BCUT2D eigenvalue weighted by molar-refractivity contribution is 5.98. The first kappa shape index (κ1) is 26.7. The molecule has 9 heteroatoms. The number of carbonyl (C=O) groups excluding carboxylic acids is 1. The van der Waals surface area contributed by atoms with Crippen LogP contribution in [0.25, 0.3) is 0 Å². The molecule has 2 aromatic heterocycles. The van der Waals surface area contributed by atoms with Crippen molar-refractivity contribution in [1.82, 2.24) is 24.3 Å². The van der Waals surface area contributed by atoms with E-state index in [0.29, 0.717) is 31.0 Å². The maximum Gasteiger partial charge on any atom is 0.254 e. The third kappa shape index (κ3) is 4.85. The molecule has 1 aromatic carbocycles. The number of benzene rings is 1. The highest BCUT2D eigenvalue weighted by Gasteiger charge is 2.49. The maximum atomic E-state index is 14.3. The Hall–Kier alpha value is -3.90. The molecule has 1 aliphatic heterocycles. The van der Waals surface area contributed by atoms with E-state index >= 15 is 0 Å². The number of rotatable bonds is 9. The second kappa shape index (κ2) is 10.7. The maximum absolute atomic E-state index is 14.3. The van der Waals surface area contributed by atoms with Gasteiger partial charge >= 0.3 is 0 Å².